The van der Waals surface area contributed by atoms with E-state index in [1.165, 1.54) is 5.56 Å². The molecule has 1 saturated carbocycles. The van der Waals surface area contributed by atoms with Crippen LogP contribution in [0.2, 0.25) is 5.15 Å². The van der Waals surface area contributed by atoms with Gasteiger partial charge in [-0.05, 0) is 18.4 Å². The first kappa shape index (κ1) is 13.7. The molecule has 0 spiro atoms. The van der Waals surface area contributed by atoms with Crippen LogP contribution in [-0.4, -0.2) is 20.9 Å². The average Bonchev–Trinajstić information content (AvgIpc) is 2.90. The van der Waals surface area contributed by atoms with Crippen molar-refractivity contribution < 1.29 is 4.74 Å². The Kier molecular flexibility index (Phi) is 3.56. The van der Waals surface area contributed by atoms with E-state index in [0.29, 0.717) is 23.9 Å². The molecule has 0 aliphatic heterocycles. The van der Waals surface area contributed by atoms with Gasteiger partial charge in [0.25, 0.3) is 0 Å². The van der Waals surface area contributed by atoms with Gasteiger partial charge >= 0.3 is 0 Å². The summed E-state index contributed by atoms with van der Waals surface area (Å²) in [4.78, 5) is 4.09. The lowest BCUT2D eigenvalue weighted by atomic mass is 9.89. The van der Waals surface area contributed by atoms with Crippen LogP contribution in [0.25, 0.3) is 10.9 Å². The van der Waals surface area contributed by atoms with Gasteiger partial charge < -0.3 is 4.74 Å². The largest absolute Gasteiger partial charge is 0.373 e. The van der Waals surface area contributed by atoms with Gasteiger partial charge in [0.1, 0.15) is 5.15 Å². The van der Waals surface area contributed by atoms with Crippen LogP contribution in [0.15, 0.2) is 48.8 Å². The summed E-state index contributed by atoms with van der Waals surface area (Å²) < 4.78 is 8.00. The summed E-state index contributed by atoms with van der Waals surface area (Å²) >= 11 is 5.98. The third-order valence-corrected chi connectivity index (χ3v) is 4.40. The number of aromatic nitrogens is 3. The molecule has 1 aliphatic carbocycles. The number of halogens is 1. The maximum atomic E-state index is 5.98. The Hall–Kier alpha value is -1.91. The van der Waals surface area contributed by atoms with Crippen molar-refractivity contribution in [3.05, 3.63) is 59.5 Å². The van der Waals surface area contributed by atoms with Gasteiger partial charge in [-0.2, -0.15) is 5.10 Å². The number of fused-ring (bicyclic) bond motifs is 1. The molecule has 3 aromatic rings. The first-order valence-electron chi connectivity index (χ1n) is 7.44. The molecule has 0 unspecified atom stereocenters. The van der Waals surface area contributed by atoms with Gasteiger partial charge in [-0.15, -0.1) is 0 Å². The molecule has 0 atom stereocenters. The van der Waals surface area contributed by atoms with Crippen molar-refractivity contribution in [3.8, 4) is 0 Å². The van der Waals surface area contributed by atoms with Crippen molar-refractivity contribution in [1.29, 1.82) is 0 Å². The third-order valence-electron chi connectivity index (χ3n) is 4.19. The Morgan fingerprint density at radius 3 is 2.82 bits per heavy atom. The molecule has 5 heteroatoms. The van der Waals surface area contributed by atoms with Gasteiger partial charge in [0, 0.05) is 17.6 Å². The van der Waals surface area contributed by atoms with E-state index in [-0.39, 0.29) is 0 Å². The quantitative estimate of drug-likeness (QED) is 0.683. The minimum atomic E-state index is 0.307. The summed E-state index contributed by atoms with van der Waals surface area (Å²) in [5, 5.41) is 6.00. The summed E-state index contributed by atoms with van der Waals surface area (Å²) in [6.45, 7) is 0.674. The molecular weight excluding hydrogens is 298 g/mol. The Morgan fingerprint density at radius 2 is 2.00 bits per heavy atom. The average molecular weight is 314 g/mol. The summed E-state index contributed by atoms with van der Waals surface area (Å²) in [7, 11) is 0. The standard InChI is InChI=1S/C17H16ClN3O/c18-17-8-16-13(9-19-17)10-20-21(16)14-6-15(7-14)22-11-12-4-2-1-3-5-12/h1-5,8-10,14-15H,6-7,11H2. The van der Waals surface area contributed by atoms with Crippen LogP contribution in [0.4, 0.5) is 0 Å². The van der Waals surface area contributed by atoms with E-state index in [4.69, 9.17) is 16.3 Å². The molecule has 2 heterocycles. The van der Waals surface area contributed by atoms with Gasteiger partial charge in [-0.1, -0.05) is 41.9 Å². The maximum absolute atomic E-state index is 5.98. The highest BCUT2D eigenvalue weighted by atomic mass is 35.5. The molecule has 1 aliphatic rings. The molecule has 0 bridgehead atoms. The highest BCUT2D eigenvalue weighted by Gasteiger charge is 2.32. The summed E-state index contributed by atoms with van der Waals surface area (Å²) in [5.41, 5.74) is 2.26. The second-order valence-electron chi connectivity index (χ2n) is 5.70. The Balaban J connectivity index is 1.39. The number of hydrogen-bond donors (Lipinski definition) is 0. The first-order chi connectivity index (χ1) is 10.8. The van der Waals surface area contributed by atoms with E-state index >= 15 is 0 Å². The Morgan fingerprint density at radius 1 is 1.18 bits per heavy atom. The molecular formula is C17H16ClN3O. The lowest BCUT2D eigenvalue weighted by Crippen LogP contribution is -2.33. The van der Waals surface area contributed by atoms with E-state index in [1.54, 1.807) is 6.20 Å². The molecule has 1 aromatic carbocycles. The third kappa shape index (κ3) is 2.60. The first-order valence-corrected chi connectivity index (χ1v) is 7.82. The Bertz CT molecular complexity index is 781. The van der Waals surface area contributed by atoms with Crippen molar-refractivity contribution in [3.63, 3.8) is 0 Å². The molecule has 0 N–H and O–H groups in total. The fraction of sp³-hybridized carbons (Fsp3) is 0.294. The molecule has 1 fully saturated rings. The summed E-state index contributed by atoms with van der Waals surface area (Å²) in [6, 6.07) is 12.5. The minimum Gasteiger partial charge on any atom is -0.373 e. The highest BCUT2D eigenvalue weighted by molar-refractivity contribution is 6.29. The maximum Gasteiger partial charge on any atom is 0.131 e. The molecule has 112 valence electrons. The summed E-state index contributed by atoms with van der Waals surface area (Å²) in [5.74, 6) is 0. The number of nitrogens with zero attached hydrogens (tertiary/aromatic N) is 3. The topological polar surface area (TPSA) is 39.9 Å². The predicted octanol–water partition coefficient (Wildman–Crippen LogP) is 4.01. The zero-order valence-corrected chi connectivity index (χ0v) is 12.8. The van der Waals surface area contributed by atoms with Crippen molar-refractivity contribution in [2.24, 2.45) is 0 Å². The highest BCUT2D eigenvalue weighted by Crippen LogP contribution is 2.36. The van der Waals surface area contributed by atoms with E-state index in [0.717, 1.165) is 23.7 Å². The molecule has 4 nitrogen and oxygen atoms in total. The van der Waals surface area contributed by atoms with Crippen molar-refractivity contribution in [2.75, 3.05) is 0 Å². The molecule has 22 heavy (non-hydrogen) atoms. The molecule has 0 amide bonds. The normalized spacial score (nSPS) is 21.0. The van der Waals surface area contributed by atoms with Crippen molar-refractivity contribution in [2.45, 2.75) is 31.6 Å². The lowest BCUT2D eigenvalue weighted by molar-refractivity contribution is -0.0373. The number of rotatable bonds is 4. The van der Waals surface area contributed by atoms with Crippen LogP contribution < -0.4 is 0 Å². The SMILES string of the molecule is Clc1cc2c(cn1)cnn2C1CC(OCc2ccccc2)C1. The van der Waals surface area contributed by atoms with Crippen molar-refractivity contribution >= 4 is 22.5 Å². The van der Waals surface area contributed by atoms with Gasteiger partial charge in [0.05, 0.1) is 30.5 Å². The van der Waals surface area contributed by atoms with Crippen LogP contribution in [0.5, 0.6) is 0 Å². The van der Waals surface area contributed by atoms with Crippen LogP contribution in [0, 0.1) is 0 Å². The van der Waals surface area contributed by atoms with E-state index in [9.17, 15) is 0 Å². The lowest BCUT2D eigenvalue weighted by Gasteiger charge is -2.35. The molecule has 4 rings (SSSR count). The minimum absolute atomic E-state index is 0.307. The molecule has 2 aromatic heterocycles. The predicted molar refractivity (Wildman–Crippen MR) is 85.8 cm³/mol. The molecule has 0 radical (unpaired) electrons. The van der Waals surface area contributed by atoms with Crippen molar-refractivity contribution in [1.82, 2.24) is 14.8 Å². The second-order valence-corrected chi connectivity index (χ2v) is 6.09. The number of hydrogen-bond acceptors (Lipinski definition) is 3. The van der Waals surface area contributed by atoms with Crippen LogP contribution in [-0.2, 0) is 11.3 Å². The second kappa shape index (κ2) is 5.71. The van der Waals surface area contributed by atoms with Gasteiger partial charge in [-0.3, -0.25) is 4.68 Å². The van der Waals surface area contributed by atoms with Gasteiger partial charge in [-0.25, -0.2) is 4.98 Å². The van der Waals surface area contributed by atoms with Crippen LogP contribution >= 0.6 is 11.6 Å². The van der Waals surface area contributed by atoms with Gasteiger partial charge in [0.15, 0.2) is 0 Å². The fourth-order valence-corrected chi connectivity index (χ4v) is 3.02. The number of benzene rings is 1. The summed E-state index contributed by atoms with van der Waals surface area (Å²) in [6.07, 6.45) is 5.90. The van der Waals surface area contributed by atoms with Gasteiger partial charge in [0.2, 0.25) is 0 Å². The van der Waals surface area contributed by atoms with E-state index < -0.39 is 0 Å². The van der Waals surface area contributed by atoms with Crippen LogP contribution in [0.3, 0.4) is 0 Å². The monoisotopic (exact) mass is 313 g/mol. The number of pyridine rings is 1. The van der Waals surface area contributed by atoms with Crippen LogP contribution in [0.1, 0.15) is 24.4 Å². The Labute approximate surface area is 133 Å². The molecule has 0 saturated heterocycles. The zero-order valence-electron chi connectivity index (χ0n) is 12.0. The smallest absolute Gasteiger partial charge is 0.131 e. The zero-order chi connectivity index (χ0) is 14.9. The fourth-order valence-electron chi connectivity index (χ4n) is 2.87. The number of ether oxygens (including phenoxy) is 1. The van der Waals surface area contributed by atoms with E-state index in [1.807, 2.05) is 35.1 Å². The van der Waals surface area contributed by atoms with E-state index in [2.05, 4.69) is 22.2 Å².